The summed E-state index contributed by atoms with van der Waals surface area (Å²) < 4.78 is 5.19. The highest BCUT2D eigenvalue weighted by molar-refractivity contribution is 5.86. The number of amides is 1. The fourth-order valence-electron chi connectivity index (χ4n) is 2.30. The number of β-amino-alcohol motifs (C(OH)–C–C–N with tert-alkyl or cyclic N) is 1. The Morgan fingerprint density at radius 3 is 2.94 bits per heavy atom. The summed E-state index contributed by atoms with van der Waals surface area (Å²) in [7, 11) is 0. The Hall–Kier alpha value is -0.650. The maximum atomic E-state index is 12.2. The van der Waals surface area contributed by atoms with E-state index in [0.717, 1.165) is 6.42 Å². The number of carbonyl (C=O) groups is 1. The van der Waals surface area contributed by atoms with Crippen molar-refractivity contribution in [3.63, 3.8) is 0 Å². The van der Waals surface area contributed by atoms with Crippen LogP contribution < -0.4 is 5.73 Å². The lowest BCUT2D eigenvalue weighted by Crippen LogP contribution is -2.59. The van der Waals surface area contributed by atoms with Crippen molar-refractivity contribution in [3.05, 3.63) is 0 Å². The first-order valence-electron chi connectivity index (χ1n) is 5.87. The third-order valence-corrected chi connectivity index (χ3v) is 3.68. The zero-order valence-corrected chi connectivity index (χ0v) is 9.69. The topological polar surface area (TPSA) is 75.8 Å². The van der Waals surface area contributed by atoms with Gasteiger partial charge in [-0.25, -0.2) is 0 Å². The first kappa shape index (κ1) is 11.8. The number of hydrogen-bond donors (Lipinski definition) is 2. The predicted octanol–water partition coefficient (Wildman–Crippen LogP) is -0.666. The minimum Gasteiger partial charge on any atom is -0.391 e. The fourth-order valence-corrected chi connectivity index (χ4v) is 2.30. The van der Waals surface area contributed by atoms with Crippen molar-refractivity contribution in [2.24, 2.45) is 11.7 Å². The van der Waals surface area contributed by atoms with Crippen LogP contribution in [0.3, 0.4) is 0 Å². The second-order valence-electron chi connectivity index (χ2n) is 5.04. The van der Waals surface area contributed by atoms with Crippen LogP contribution in [-0.4, -0.2) is 53.9 Å². The largest absolute Gasteiger partial charge is 0.391 e. The van der Waals surface area contributed by atoms with E-state index in [4.69, 9.17) is 10.5 Å². The van der Waals surface area contributed by atoms with Crippen molar-refractivity contribution in [3.8, 4) is 0 Å². The number of aliphatic hydroxyl groups is 1. The molecule has 2 rings (SSSR count). The Morgan fingerprint density at radius 2 is 2.38 bits per heavy atom. The van der Waals surface area contributed by atoms with Crippen LogP contribution in [0.2, 0.25) is 0 Å². The van der Waals surface area contributed by atoms with Crippen molar-refractivity contribution in [2.45, 2.75) is 31.4 Å². The van der Waals surface area contributed by atoms with Crippen LogP contribution >= 0.6 is 0 Å². The Kier molecular flexibility index (Phi) is 3.19. The van der Waals surface area contributed by atoms with Crippen LogP contribution in [0.1, 0.15) is 19.8 Å². The molecule has 92 valence electrons. The van der Waals surface area contributed by atoms with Gasteiger partial charge in [-0.05, 0) is 18.8 Å². The Morgan fingerprint density at radius 1 is 1.62 bits per heavy atom. The van der Waals surface area contributed by atoms with Gasteiger partial charge in [-0.1, -0.05) is 6.92 Å². The molecule has 5 nitrogen and oxygen atoms in total. The van der Waals surface area contributed by atoms with Gasteiger partial charge < -0.3 is 20.5 Å². The standard InChI is InChI=1S/C11H20N2O3/c1-8-2-4-13(6-9(8)14)10(15)11(12)3-5-16-7-11/h8-9,14H,2-7,12H2,1H3. The van der Waals surface area contributed by atoms with Crippen molar-refractivity contribution in [1.29, 1.82) is 0 Å². The molecular weight excluding hydrogens is 208 g/mol. The van der Waals surface area contributed by atoms with E-state index in [9.17, 15) is 9.90 Å². The molecule has 0 aliphatic carbocycles. The summed E-state index contributed by atoms with van der Waals surface area (Å²) in [6, 6.07) is 0. The van der Waals surface area contributed by atoms with Gasteiger partial charge in [0.2, 0.25) is 5.91 Å². The molecule has 16 heavy (non-hydrogen) atoms. The first-order valence-corrected chi connectivity index (χ1v) is 5.87. The SMILES string of the molecule is CC1CCN(C(=O)C2(N)CCOC2)CC1O. The number of aliphatic hydroxyl groups excluding tert-OH is 1. The molecule has 2 saturated heterocycles. The molecule has 0 aromatic carbocycles. The molecule has 0 bridgehead atoms. The van der Waals surface area contributed by atoms with Crippen LogP contribution in [0.15, 0.2) is 0 Å². The Balaban J connectivity index is 2.00. The summed E-state index contributed by atoms with van der Waals surface area (Å²) >= 11 is 0. The molecule has 2 fully saturated rings. The van der Waals surface area contributed by atoms with Gasteiger partial charge in [0, 0.05) is 19.7 Å². The third kappa shape index (κ3) is 2.07. The molecule has 0 aromatic rings. The summed E-state index contributed by atoms with van der Waals surface area (Å²) in [5.41, 5.74) is 5.15. The van der Waals surface area contributed by atoms with Crippen LogP contribution in [0, 0.1) is 5.92 Å². The molecule has 0 saturated carbocycles. The summed E-state index contributed by atoms with van der Waals surface area (Å²) in [4.78, 5) is 13.9. The maximum Gasteiger partial charge on any atom is 0.245 e. The van der Waals surface area contributed by atoms with Crippen LogP contribution in [0.4, 0.5) is 0 Å². The molecule has 3 N–H and O–H groups in total. The number of nitrogens with two attached hydrogens (primary N) is 1. The summed E-state index contributed by atoms with van der Waals surface area (Å²) in [6.07, 6.45) is 0.987. The number of hydrogen-bond acceptors (Lipinski definition) is 4. The number of likely N-dealkylation sites (tertiary alicyclic amines) is 1. The number of piperidine rings is 1. The number of nitrogens with zero attached hydrogens (tertiary/aromatic N) is 1. The predicted molar refractivity (Wildman–Crippen MR) is 58.7 cm³/mol. The lowest BCUT2D eigenvalue weighted by atomic mass is 9.92. The minimum atomic E-state index is -0.861. The van der Waals surface area contributed by atoms with Crippen LogP contribution in [0.25, 0.3) is 0 Å². The van der Waals surface area contributed by atoms with Gasteiger partial charge in [-0.15, -0.1) is 0 Å². The van der Waals surface area contributed by atoms with Gasteiger partial charge in [0.1, 0.15) is 5.54 Å². The molecular formula is C11H20N2O3. The van der Waals surface area contributed by atoms with Crippen LogP contribution in [0.5, 0.6) is 0 Å². The molecule has 2 aliphatic heterocycles. The van der Waals surface area contributed by atoms with E-state index < -0.39 is 11.6 Å². The maximum absolute atomic E-state index is 12.2. The second kappa shape index (κ2) is 4.31. The molecule has 1 amide bonds. The monoisotopic (exact) mass is 228 g/mol. The summed E-state index contributed by atoms with van der Waals surface area (Å²) in [6.45, 7) is 3.95. The summed E-state index contributed by atoms with van der Waals surface area (Å²) in [5.74, 6) is 0.188. The van der Waals surface area contributed by atoms with Gasteiger partial charge in [-0.2, -0.15) is 0 Å². The zero-order chi connectivity index (χ0) is 11.8. The van der Waals surface area contributed by atoms with E-state index in [-0.39, 0.29) is 11.8 Å². The van der Waals surface area contributed by atoms with Gasteiger partial charge in [0.15, 0.2) is 0 Å². The van der Waals surface area contributed by atoms with Crippen LogP contribution in [-0.2, 0) is 9.53 Å². The van der Waals surface area contributed by atoms with E-state index in [0.29, 0.717) is 32.7 Å². The molecule has 3 unspecified atom stereocenters. The smallest absolute Gasteiger partial charge is 0.245 e. The Bertz CT molecular complexity index is 276. The van der Waals surface area contributed by atoms with E-state index >= 15 is 0 Å². The normalized spacial score (nSPS) is 40.1. The lowest BCUT2D eigenvalue weighted by molar-refractivity contribution is -0.141. The van der Waals surface area contributed by atoms with Gasteiger partial charge in [-0.3, -0.25) is 4.79 Å². The molecule has 3 atom stereocenters. The highest BCUT2D eigenvalue weighted by Crippen LogP contribution is 2.23. The quantitative estimate of drug-likeness (QED) is 0.624. The Labute approximate surface area is 95.5 Å². The van der Waals surface area contributed by atoms with Gasteiger partial charge in [0.25, 0.3) is 0 Å². The van der Waals surface area contributed by atoms with Gasteiger partial charge in [0.05, 0.1) is 12.7 Å². The highest BCUT2D eigenvalue weighted by atomic mass is 16.5. The minimum absolute atomic E-state index is 0.0732. The van der Waals surface area contributed by atoms with E-state index in [2.05, 4.69) is 0 Å². The van der Waals surface area contributed by atoms with Crippen molar-refractivity contribution in [1.82, 2.24) is 4.90 Å². The molecule has 2 heterocycles. The first-order chi connectivity index (χ1) is 7.53. The van der Waals surface area contributed by atoms with Crippen molar-refractivity contribution >= 4 is 5.91 Å². The molecule has 5 heteroatoms. The van der Waals surface area contributed by atoms with E-state index in [1.807, 2.05) is 6.92 Å². The molecule has 0 radical (unpaired) electrons. The fraction of sp³-hybridized carbons (Fsp3) is 0.909. The average molecular weight is 228 g/mol. The van der Waals surface area contributed by atoms with Crippen molar-refractivity contribution < 1.29 is 14.6 Å². The second-order valence-corrected chi connectivity index (χ2v) is 5.04. The van der Waals surface area contributed by atoms with E-state index in [1.165, 1.54) is 0 Å². The third-order valence-electron chi connectivity index (χ3n) is 3.68. The highest BCUT2D eigenvalue weighted by Gasteiger charge is 2.42. The number of carbonyl (C=O) groups excluding carboxylic acids is 1. The molecule has 2 aliphatic rings. The number of rotatable bonds is 1. The van der Waals surface area contributed by atoms with Crippen molar-refractivity contribution in [2.75, 3.05) is 26.3 Å². The lowest BCUT2D eigenvalue weighted by Gasteiger charge is -2.37. The molecule has 0 spiro atoms. The summed E-state index contributed by atoms with van der Waals surface area (Å²) in [5, 5.41) is 9.76. The van der Waals surface area contributed by atoms with E-state index in [1.54, 1.807) is 4.90 Å². The van der Waals surface area contributed by atoms with Gasteiger partial charge >= 0.3 is 0 Å². The number of ether oxygens (including phenoxy) is 1. The molecule has 0 aromatic heterocycles. The average Bonchev–Trinajstić information content (AvgIpc) is 2.70. The zero-order valence-electron chi connectivity index (χ0n) is 9.69.